The monoisotopic (exact) mass is 260 g/mol. The van der Waals surface area contributed by atoms with Crippen LogP contribution in [0.2, 0.25) is 0 Å². The van der Waals surface area contributed by atoms with Gasteiger partial charge < -0.3 is 15.0 Å². The minimum Gasteiger partial charge on any atom is -0.497 e. The van der Waals surface area contributed by atoms with Crippen LogP contribution in [0, 0.1) is 5.92 Å². The number of piperidine rings is 1. The van der Waals surface area contributed by atoms with E-state index in [-0.39, 0.29) is 5.91 Å². The number of nitrogens with one attached hydrogen (secondary N) is 1. The van der Waals surface area contributed by atoms with E-state index in [1.54, 1.807) is 7.11 Å². The lowest BCUT2D eigenvalue weighted by atomic mass is 9.94. The summed E-state index contributed by atoms with van der Waals surface area (Å²) in [6, 6.07) is 7.90. The molecular weight excluding hydrogens is 240 g/mol. The van der Waals surface area contributed by atoms with Crippen LogP contribution in [0.25, 0.3) is 0 Å². The average molecular weight is 260 g/mol. The summed E-state index contributed by atoms with van der Waals surface area (Å²) in [4.78, 5) is 14.5. The van der Waals surface area contributed by atoms with Gasteiger partial charge in [-0.3, -0.25) is 4.79 Å². The van der Waals surface area contributed by atoms with Crippen molar-refractivity contribution in [3.8, 4) is 5.75 Å². The number of nitrogens with zero attached hydrogens (tertiary/aromatic N) is 1. The van der Waals surface area contributed by atoms with Crippen LogP contribution in [-0.4, -0.2) is 43.6 Å². The number of ether oxygens (including phenoxy) is 1. The smallest absolute Gasteiger partial charge is 0.254 e. The molecule has 102 valence electrons. The van der Waals surface area contributed by atoms with Crippen molar-refractivity contribution in [1.29, 1.82) is 0 Å². The Morgan fingerprint density at radius 1 is 1.42 bits per heavy atom. The first kappa shape index (κ1) is 12.5. The van der Waals surface area contributed by atoms with E-state index in [1.165, 1.54) is 12.8 Å². The largest absolute Gasteiger partial charge is 0.497 e. The van der Waals surface area contributed by atoms with Gasteiger partial charge in [-0.1, -0.05) is 6.07 Å². The number of methoxy groups -OCH3 is 1. The number of benzene rings is 1. The molecule has 4 heteroatoms. The summed E-state index contributed by atoms with van der Waals surface area (Å²) in [5.41, 5.74) is 0.720. The van der Waals surface area contributed by atoms with E-state index in [0.29, 0.717) is 12.0 Å². The Kier molecular flexibility index (Phi) is 3.42. The lowest BCUT2D eigenvalue weighted by molar-refractivity contribution is 0.0785. The molecule has 2 atom stereocenters. The zero-order chi connectivity index (χ0) is 13.2. The summed E-state index contributed by atoms with van der Waals surface area (Å²) in [6.45, 7) is 2.80. The predicted octanol–water partition coefficient (Wildman–Crippen LogP) is 1.52. The van der Waals surface area contributed by atoms with E-state index in [4.69, 9.17) is 4.74 Å². The van der Waals surface area contributed by atoms with E-state index < -0.39 is 0 Å². The Hall–Kier alpha value is -1.55. The minimum atomic E-state index is 0.120. The molecule has 1 aromatic rings. The highest BCUT2D eigenvalue weighted by Crippen LogP contribution is 2.26. The topological polar surface area (TPSA) is 41.6 Å². The summed E-state index contributed by atoms with van der Waals surface area (Å²) >= 11 is 0. The number of fused-ring (bicyclic) bond motifs is 1. The van der Waals surface area contributed by atoms with Crippen molar-refractivity contribution in [2.75, 3.05) is 26.7 Å². The number of amides is 1. The Morgan fingerprint density at radius 2 is 2.32 bits per heavy atom. The standard InChI is InChI=1S/C15H20N2O2/c1-19-13-6-2-4-11(8-13)15(18)17-9-12-5-3-7-16-14(12)10-17/h2,4,6,8,12,14,16H,3,5,7,9-10H2,1H3. The first-order chi connectivity index (χ1) is 9.28. The fraction of sp³-hybridized carbons (Fsp3) is 0.533. The van der Waals surface area contributed by atoms with Crippen molar-refractivity contribution in [2.45, 2.75) is 18.9 Å². The van der Waals surface area contributed by atoms with E-state index >= 15 is 0 Å². The molecule has 2 unspecified atom stereocenters. The second kappa shape index (κ2) is 5.21. The van der Waals surface area contributed by atoms with Crippen LogP contribution >= 0.6 is 0 Å². The van der Waals surface area contributed by atoms with Crippen LogP contribution in [0.4, 0.5) is 0 Å². The van der Waals surface area contributed by atoms with Crippen LogP contribution in [-0.2, 0) is 0 Å². The van der Waals surface area contributed by atoms with Gasteiger partial charge in [-0.2, -0.15) is 0 Å². The molecule has 2 aliphatic rings. The van der Waals surface area contributed by atoms with Gasteiger partial charge in [-0.25, -0.2) is 0 Å². The quantitative estimate of drug-likeness (QED) is 0.876. The zero-order valence-corrected chi connectivity index (χ0v) is 11.3. The maximum Gasteiger partial charge on any atom is 0.254 e. The first-order valence-corrected chi connectivity index (χ1v) is 6.94. The molecule has 2 aliphatic heterocycles. The molecule has 0 aromatic heterocycles. The SMILES string of the molecule is COc1cccc(C(=O)N2CC3CCCNC3C2)c1. The van der Waals surface area contributed by atoms with Gasteiger partial charge in [0, 0.05) is 24.7 Å². The second-order valence-electron chi connectivity index (χ2n) is 5.41. The van der Waals surface area contributed by atoms with Crippen molar-refractivity contribution in [1.82, 2.24) is 10.2 Å². The molecule has 0 aliphatic carbocycles. The van der Waals surface area contributed by atoms with E-state index in [0.717, 1.165) is 30.9 Å². The summed E-state index contributed by atoms with van der Waals surface area (Å²) < 4.78 is 5.18. The van der Waals surface area contributed by atoms with E-state index in [9.17, 15) is 4.79 Å². The predicted molar refractivity (Wildman–Crippen MR) is 73.4 cm³/mol. The molecule has 0 radical (unpaired) electrons. The number of rotatable bonds is 2. The summed E-state index contributed by atoms with van der Waals surface area (Å²) in [7, 11) is 1.62. The Labute approximate surface area is 113 Å². The number of hydrogen-bond donors (Lipinski definition) is 1. The third kappa shape index (κ3) is 2.45. The molecule has 3 rings (SSSR count). The Bertz CT molecular complexity index is 461. The van der Waals surface area contributed by atoms with E-state index in [2.05, 4.69) is 5.32 Å². The van der Waals surface area contributed by atoms with Gasteiger partial charge in [-0.05, 0) is 43.5 Å². The van der Waals surface area contributed by atoms with Crippen LogP contribution in [0.3, 0.4) is 0 Å². The number of carbonyl (C=O) groups is 1. The van der Waals surface area contributed by atoms with E-state index in [1.807, 2.05) is 29.2 Å². The van der Waals surface area contributed by atoms with Crippen molar-refractivity contribution in [2.24, 2.45) is 5.92 Å². The van der Waals surface area contributed by atoms with Crippen LogP contribution in [0.5, 0.6) is 5.75 Å². The molecule has 4 nitrogen and oxygen atoms in total. The molecule has 19 heavy (non-hydrogen) atoms. The molecule has 0 bridgehead atoms. The maximum atomic E-state index is 12.5. The highest BCUT2D eigenvalue weighted by atomic mass is 16.5. The number of carbonyl (C=O) groups excluding carboxylic acids is 1. The van der Waals surface area contributed by atoms with Gasteiger partial charge in [-0.15, -0.1) is 0 Å². The molecule has 0 spiro atoms. The molecular formula is C15H20N2O2. The molecule has 2 saturated heterocycles. The molecule has 1 amide bonds. The van der Waals surface area contributed by atoms with Crippen molar-refractivity contribution in [3.05, 3.63) is 29.8 Å². The molecule has 0 saturated carbocycles. The number of likely N-dealkylation sites (tertiary alicyclic amines) is 1. The summed E-state index contributed by atoms with van der Waals surface area (Å²) in [5.74, 6) is 1.49. The van der Waals surface area contributed by atoms with Crippen molar-refractivity contribution in [3.63, 3.8) is 0 Å². The number of hydrogen-bond acceptors (Lipinski definition) is 3. The third-order valence-corrected chi connectivity index (χ3v) is 4.20. The molecule has 1 N–H and O–H groups in total. The highest BCUT2D eigenvalue weighted by Gasteiger charge is 2.36. The highest BCUT2D eigenvalue weighted by molar-refractivity contribution is 5.94. The third-order valence-electron chi connectivity index (χ3n) is 4.20. The van der Waals surface area contributed by atoms with Crippen molar-refractivity contribution < 1.29 is 9.53 Å². The summed E-state index contributed by atoms with van der Waals surface area (Å²) in [5, 5.41) is 3.52. The van der Waals surface area contributed by atoms with Crippen LogP contribution < -0.4 is 10.1 Å². The van der Waals surface area contributed by atoms with Gasteiger partial charge >= 0.3 is 0 Å². The summed E-state index contributed by atoms with van der Waals surface area (Å²) in [6.07, 6.45) is 2.46. The zero-order valence-electron chi connectivity index (χ0n) is 11.3. The lowest BCUT2D eigenvalue weighted by Gasteiger charge is -2.24. The normalized spacial score (nSPS) is 26.1. The maximum absolute atomic E-state index is 12.5. The van der Waals surface area contributed by atoms with Crippen LogP contribution in [0.15, 0.2) is 24.3 Å². The second-order valence-corrected chi connectivity index (χ2v) is 5.41. The van der Waals surface area contributed by atoms with Gasteiger partial charge in [0.1, 0.15) is 5.75 Å². The molecule has 1 aromatic carbocycles. The first-order valence-electron chi connectivity index (χ1n) is 6.94. The average Bonchev–Trinajstić information content (AvgIpc) is 2.90. The van der Waals surface area contributed by atoms with Gasteiger partial charge in [0.2, 0.25) is 0 Å². The molecule has 2 fully saturated rings. The van der Waals surface area contributed by atoms with Gasteiger partial charge in [0.15, 0.2) is 0 Å². The Balaban J connectivity index is 1.73. The van der Waals surface area contributed by atoms with Crippen molar-refractivity contribution >= 4 is 5.91 Å². The Morgan fingerprint density at radius 3 is 3.11 bits per heavy atom. The fourth-order valence-electron chi connectivity index (χ4n) is 3.15. The van der Waals surface area contributed by atoms with Crippen LogP contribution in [0.1, 0.15) is 23.2 Å². The minimum absolute atomic E-state index is 0.120. The lowest BCUT2D eigenvalue weighted by Crippen LogP contribution is -2.41. The van der Waals surface area contributed by atoms with Gasteiger partial charge in [0.05, 0.1) is 7.11 Å². The molecule has 2 heterocycles. The van der Waals surface area contributed by atoms with Gasteiger partial charge in [0.25, 0.3) is 5.91 Å². The fourth-order valence-corrected chi connectivity index (χ4v) is 3.15.